The lowest BCUT2D eigenvalue weighted by Gasteiger charge is -2.33. The van der Waals surface area contributed by atoms with Gasteiger partial charge in [-0.2, -0.15) is 5.26 Å². The Morgan fingerprint density at radius 1 is 1.37 bits per heavy atom. The Balaban J connectivity index is 1.97. The number of ketones is 1. The number of nitriles is 1. The number of nitrogens with one attached hydrogen (secondary N) is 1. The molecule has 1 aliphatic heterocycles. The van der Waals surface area contributed by atoms with Gasteiger partial charge in [-0.15, -0.1) is 0 Å². The summed E-state index contributed by atoms with van der Waals surface area (Å²) >= 11 is 13.9. The molecule has 0 fully saturated rings. The largest absolute Gasteiger partial charge is 0.465 e. The van der Waals surface area contributed by atoms with Gasteiger partial charge in [-0.25, -0.2) is 0 Å². The standard InChI is InChI=1S/C22H22Cl2N2O3S/c1-2-3-10-29-18(28)12-30-22-14(11-25)19(13-6-4-7-15(23)21(13)24)20-16(26-22)8-5-9-17(20)27/h4,6-7,19,26H,2-3,5,8-10,12H2,1H3/t19-/m0/s1. The van der Waals surface area contributed by atoms with E-state index in [-0.39, 0.29) is 17.5 Å². The first-order chi connectivity index (χ1) is 14.5. The Morgan fingerprint density at radius 2 is 2.17 bits per heavy atom. The molecule has 1 heterocycles. The molecule has 0 saturated carbocycles. The number of benzene rings is 1. The second-order valence-corrected chi connectivity index (χ2v) is 8.86. The van der Waals surface area contributed by atoms with Crippen molar-refractivity contribution in [1.29, 1.82) is 5.26 Å². The van der Waals surface area contributed by atoms with Crippen molar-refractivity contribution in [3.63, 3.8) is 0 Å². The second-order valence-electron chi connectivity index (χ2n) is 7.09. The fraction of sp³-hybridized carbons (Fsp3) is 0.409. The molecule has 1 atom stereocenters. The maximum atomic E-state index is 12.8. The summed E-state index contributed by atoms with van der Waals surface area (Å²) in [6.45, 7) is 2.41. The lowest BCUT2D eigenvalue weighted by atomic mass is 9.77. The van der Waals surface area contributed by atoms with Crippen LogP contribution in [-0.4, -0.2) is 24.1 Å². The van der Waals surface area contributed by atoms with Gasteiger partial charge < -0.3 is 10.1 Å². The summed E-state index contributed by atoms with van der Waals surface area (Å²) in [4.78, 5) is 24.9. The quantitative estimate of drug-likeness (QED) is 0.423. The van der Waals surface area contributed by atoms with E-state index in [0.29, 0.717) is 51.2 Å². The molecule has 0 bridgehead atoms. The zero-order valence-electron chi connectivity index (χ0n) is 16.6. The van der Waals surface area contributed by atoms with Crippen LogP contribution in [-0.2, 0) is 14.3 Å². The number of carbonyl (C=O) groups is 2. The molecule has 1 aromatic rings. The minimum Gasteiger partial charge on any atom is -0.465 e. The van der Waals surface area contributed by atoms with Crippen molar-refractivity contribution in [3.8, 4) is 6.07 Å². The number of unbranched alkanes of at least 4 members (excludes halogenated alkanes) is 1. The van der Waals surface area contributed by atoms with E-state index in [0.717, 1.165) is 25.0 Å². The Hall–Kier alpha value is -1.94. The molecule has 158 valence electrons. The number of hydrogen-bond acceptors (Lipinski definition) is 6. The van der Waals surface area contributed by atoms with Gasteiger partial charge in [-0.1, -0.05) is 60.4 Å². The minimum atomic E-state index is -0.608. The van der Waals surface area contributed by atoms with Crippen molar-refractivity contribution in [1.82, 2.24) is 5.32 Å². The predicted octanol–water partition coefficient (Wildman–Crippen LogP) is 5.50. The molecule has 0 unspecified atom stereocenters. The highest BCUT2D eigenvalue weighted by molar-refractivity contribution is 8.03. The van der Waals surface area contributed by atoms with E-state index in [1.807, 2.05) is 6.92 Å². The number of ether oxygens (including phenoxy) is 1. The molecule has 0 amide bonds. The average molecular weight is 465 g/mol. The van der Waals surface area contributed by atoms with Gasteiger partial charge in [0.25, 0.3) is 0 Å². The molecule has 0 radical (unpaired) electrons. The van der Waals surface area contributed by atoms with Crippen molar-refractivity contribution in [3.05, 3.63) is 55.7 Å². The number of halogens is 2. The number of esters is 1. The molecule has 5 nitrogen and oxygen atoms in total. The Kier molecular flexibility index (Phi) is 7.87. The molecule has 0 aromatic heterocycles. The third-order valence-corrected chi connectivity index (χ3v) is 6.87. The number of hydrogen-bond donors (Lipinski definition) is 1. The van der Waals surface area contributed by atoms with Crippen molar-refractivity contribution >= 4 is 46.7 Å². The zero-order chi connectivity index (χ0) is 21.7. The predicted molar refractivity (Wildman–Crippen MR) is 119 cm³/mol. The molecule has 0 spiro atoms. The van der Waals surface area contributed by atoms with E-state index in [1.54, 1.807) is 18.2 Å². The summed E-state index contributed by atoms with van der Waals surface area (Å²) in [6.07, 6.45) is 3.62. The topological polar surface area (TPSA) is 79.2 Å². The maximum absolute atomic E-state index is 12.8. The van der Waals surface area contributed by atoms with E-state index in [4.69, 9.17) is 27.9 Å². The minimum absolute atomic E-state index is 0.000525. The van der Waals surface area contributed by atoms with Crippen molar-refractivity contribution in [2.75, 3.05) is 12.4 Å². The lowest BCUT2D eigenvalue weighted by molar-refractivity contribution is -0.140. The molecule has 8 heteroatoms. The summed E-state index contributed by atoms with van der Waals surface area (Å²) in [5, 5.41) is 14.5. The van der Waals surface area contributed by atoms with Crippen LogP contribution in [0.1, 0.15) is 50.5 Å². The fourth-order valence-corrected chi connectivity index (χ4v) is 4.87. The number of allylic oxidation sites excluding steroid dienone is 3. The molecule has 2 aliphatic rings. The van der Waals surface area contributed by atoms with Crippen LogP contribution >= 0.6 is 35.0 Å². The Labute approximate surface area is 190 Å². The van der Waals surface area contributed by atoms with E-state index < -0.39 is 5.92 Å². The normalized spacial score (nSPS) is 18.6. The van der Waals surface area contributed by atoms with Gasteiger partial charge in [0.15, 0.2) is 5.78 Å². The summed E-state index contributed by atoms with van der Waals surface area (Å²) in [7, 11) is 0. The molecule has 3 rings (SSSR count). The highest BCUT2D eigenvalue weighted by Crippen LogP contribution is 2.46. The Bertz CT molecular complexity index is 966. The lowest BCUT2D eigenvalue weighted by Crippen LogP contribution is -2.31. The first kappa shape index (κ1) is 22.7. The van der Waals surface area contributed by atoms with Crippen LogP contribution in [0.4, 0.5) is 0 Å². The Morgan fingerprint density at radius 3 is 2.90 bits per heavy atom. The molecule has 1 aliphatic carbocycles. The van der Waals surface area contributed by atoms with Crippen molar-refractivity contribution in [2.24, 2.45) is 0 Å². The van der Waals surface area contributed by atoms with E-state index in [2.05, 4.69) is 11.4 Å². The smallest absolute Gasteiger partial charge is 0.316 e. The molecule has 0 saturated heterocycles. The average Bonchev–Trinajstić information content (AvgIpc) is 2.73. The summed E-state index contributed by atoms with van der Waals surface area (Å²) in [5.41, 5.74) is 2.33. The van der Waals surface area contributed by atoms with Gasteiger partial charge in [0.1, 0.15) is 0 Å². The molecule has 1 aromatic carbocycles. The number of carbonyl (C=O) groups excluding carboxylic acids is 2. The van der Waals surface area contributed by atoms with Crippen LogP contribution in [0.3, 0.4) is 0 Å². The summed E-state index contributed by atoms with van der Waals surface area (Å²) in [6, 6.07) is 7.45. The fourth-order valence-electron chi connectivity index (χ4n) is 3.59. The van der Waals surface area contributed by atoms with E-state index in [1.165, 1.54) is 11.8 Å². The molecular formula is C22H22Cl2N2O3S. The number of Topliss-reactive ketones (excluding diaryl/α,β-unsaturated/α-hetero) is 1. The number of thioether (sulfide) groups is 1. The van der Waals surface area contributed by atoms with Crippen molar-refractivity contribution < 1.29 is 14.3 Å². The van der Waals surface area contributed by atoms with Gasteiger partial charge in [0, 0.05) is 17.7 Å². The van der Waals surface area contributed by atoms with Crippen LogP contribution in [0.2, 0.25) is 10.0 Å². The number of rotatable bonds is 7. The highest BCUT2D eigenvalue weighted by atomic mass is 35.5. The van der Waals surface area contributed by atoms with Gasteiger partial charge >= 0.3 is 5.97 Å². The van der Waals surface area contributed by atoms with Crippen LogP contribution in [0.25, 0.3) is 0 Å². The van der Waals surface area contributed by atoms with Gasteiger partial charge in [-0.3, -0.25) is 9.59 Å². The van der Waals surface area contributed by atoms with Gasteiger partial charge in [0.05, 0.1) is 45.0 Å². The first-order valence-corrected chi connectivity index (χ1v) is 11.6. The second kappa shape index (κ2) is 10.4. The van der Waals surface area contributed by atoms with E-state index in [9.17, 15) is 14.9 Å². The number of dihydropyridines is 1. The summed E-state index contributed by atoms with van der Waals surface area (Å²) in [5.74, 6) is -0.870. The summed E-state index contributed by atoms with van der Waals surface area (Å²) < 4.78 is 5.21. The zero-order valence-corrected chi connectivity index (χ0v) is 18.9. The molecule has 1 N–H and O–H groups in total. The van der Waals surface area contributed by atoms with Gasteiger partial charge in [-0.05, 0) is 30.9 Å². The SMILES string of the molecule is CCCCOC(=O)CSC1=C(C#N)[C@H](c2cccc(Cl)c2Cl)C2=C(CCCC2=O)N1. The van der Waals surface area contributed by atoms with Crippen LogP contribution in [0, 0.1) is 11.3 Å². The number of nitrogens with zero attached hydrogens (tertiary/aromatic N) is 1. The third-order valence-electron chi connectivity index (χ3n) is 5.05. The van der Waals surface area contributed by atoms with Crippen LogP contribution in [0.15, 0.2) is 40.1 Å². The van der Waals surface area contributed by atoms with E-state index >= 15 is 0 Å². The van der Waals surface area contributed by atoms with Crippen LogP contribution < -0.4 is 5.32 Å². The van der Waals surface area contributed by atoms with Crippen molar-refractivity contribution in [2.45, 2.75) is 44.9 Å². The third kappa shape index (κ3) is 4.85. The van der Waals surface area contributed by atoms with Crippen LogP contribution in [0.5, 0.6) is 0 Å². The first-order valence-electron chi connectivity index (χ1n) is 9.87. The molecular weight excluding hydrogens is 443 g/mol. The monoisotopic (exact) mass is 464 g/mol. The maximum Gasteiger partial charge on any atom is 0.316 e. The van der Waals surface area contributed by atoms with Gasteiger partial charge in [0.2, 0.25) is 0 Å². The highest BCUT2D eigenvalue weighted by Gasteiger charge is 2.38. The molecule has 30 heavy (non-hydrogen) atoms.